The normalized spacial score (nSPS) is 23.6. The lowest BCUT2D eigenvalue weighted by molar-refractivity contribution is 0.0705. The smallest absolute Gasteiger partial charge is 0.0897 e. The first-order chi connectivity index (χ1) is 5.25. The molecule has 5 N–H and O–H groups in total. The largest absolute Gasteiger partial charge is 0.399 e. The fourth-order valence-electron chi connectivity index (χ4n) is 0.918. The molecule has 0 amide bonds. The van der Waals surface area contributed by atoms with Crippen molar-refractivity contribution in [3.8, 4) is 0 Å². The lowest BCUT2D eigenvalue weighted by Gasteiger charge is -2.28. The first kappa shape index (κ1) is 8.32. The van der Waals surface area contributed by atoms with E-state index in [1.807, 2.05) is 0 Å². The van der Waals surface area contributed by atoms with Gasteiger partial charge in [0, 0.05) is 0 Å². The van der Waals surface area contributed by atoms with Crippen LogP contribution in [0.15, 0.2) is 11.4 Å². The van der Waals surface area contributed by atoms with Gasteiger partial charge in [-0.2, -0.15) is 0 Å². The predicted octanol–water partition coefficient (Wildman–Crippen LogP) is -1.65. The molecule has 0 atom stereocenters. The molecule has 0 aliphatic carbocycles. The zero-order valence-electron chi connectivity index (χ0n) is 6.29. The molecule has 64 valence electrons. The highest BCUT2D eigenvalue weighted by molar-refractivity contribution is 5.11. The maximum Gasteiger partial charge on any atom is 0.0897 e. The maximum absolute atomic E-state index is 8.68. The Morgan fingerprint density at radius 2 is 2.45 bits per heavy atom. The van der Waals surface area contributed by atoms with Gasteiger partial charge in [-0.1, -0.05) is 0 Å². The van der Waals surface area contributed by atoms with Crippen molar-refractivity contribution >= 4 is 0 Å². The fourth-order valence-corrected chi connectivity index (χ4v) is 0.918. The van der Waals surface area contributed by atoms with Crippen molar-refractivity contribution < 1.29 is 9.84 Å². The van der Waals surface area contributed by atoms with Crippen molar-refractivity contribution in [1.82, 2.24) is 5.01 Å². The topological polar surface area (TPSA) is 84.7 Å². The SMILES string of the molecule is N/C(CO)=C1/COCCN1N. The molecular weight excluding hydrogens is 146 g/mol. The van der Waals surface area contributed by atoms with Crippen LogP contribution in [0.2, 0.25) is 0 Å². The van der Waals surface area contributed by atoms with E-state index >= 15 is 0 Å². The van der Waals surface area contributed by atoms with Crippen molar-refractivity contribution in [2.75, 3.05) is 26.4 Å². The molecule has 1 saturated heterocycles. The Bertz CT molecular complexity index is 169. The third-order valence-corrected chi connectivity index (χ3v) is 1.60. The number of nitrogens with zero attached hydrogens (tertiary/aromatic N) is 1. The first-order valence-corrected chi connectivity index (χ1v) is 3.44. The molecule has 5 nitrogen and oxygen atoms in total. The van der Waals surface area contributed by atoms with Crippen LogP contribution in [0.1, 0.15) is 0 Å². The molecule has 0 spiro atoms. The standard InChI is InChI=1S/C6H13N3O2/c7-5(3-10)6-4-11-2-1-9(6)8/h10H,1-4,7-8H2/b6-5-. The van der Waals surface area contributed by atoms with Gasteiger partial charge >= 0.3 is 0 Å². The summed E-state index contributed by atoms with van der Waals surface area (Å²) in [5.41, 5.74) is 6.53. The van der Waals surface area contributed by atoms with Crippen LogP contribution >= 0.6 is 0 Å². The summed E-state index contributed by atoms with van der Waals surface area (Å²) in [7, 11) is 0. The lowest BCUT2D eigenvalue weighted by Crippen LogP contribution is -2.41. The number of hydrazine groups is 1. The zero-order chi connectivity index (χ0) is 8.27. The maximum atomic E-state index is 8.68. The Hall–Kier alpha value is -0.780. The van der Waals surface area contributed by atoms with Gasteiger partial charge in [-0.3, -0.25) is 0 Å². The first-order valence-electron chi connectivity index (χ1n) is 3.44. The van der Waals surface area contributed by atoms with Crippen LogP contribution in [-0.4, -0.2) is 36.5 Å². The van der Waals surface area contributed by atoms with Crippen molar-refractivity contribution in [1.29, 1.82) is 0 Å². The lowest BCUT2D eigenvalue weighted by atomic mass is 10.3. The van der Waals surface area contributed by atoms with Gasteiger partial charge in [0.1, 0.15) is 0 Å². The third-order valence-electron chi connectivity index (χ3n) is 1.60. The molecule has 0 saturated carbocycles. The quantitative estimate of drug-likeness (QED) is 0.399. The number of hydrogen-bond donors (Lipinski definition) is 3. The summed E-state index contributed by atoms with van der Waals surface area (Å²) in [6, 6.07) is 0. The molecule has 1 fully saturated rings. The highest BCUT2D eigenvalue weighted by atomic mass is 16.5. The number of hydrogen-bond acceptors (Lipinski definition) is 5. The van der Waals surface area contributed by atoms with Crippen LogP contribution in [-0.2, 0) is 4.74 Å². The van der Waals surface area contributed by atoms with E-state index < -0.39 is 0 Å². The highest BCUT2D eigenvalue weighted by Gasteiger charge is 2.14. The van der Waals surface area contributed by atoms with Crippen LogP contribution in [0.25, 0.3) is 0 Å². The number of aliphatic hydroxyl groups excluding tert-OH is 1. The Balaban J connectivity index is 2.67. The van der Waals surface area contributed by atoms with Crippen molar-refractivity contribution in [3.63, 3.8) is 0 Å². The monoisotopic (exact) mass is 159 g/mol. The number of rotatable bonds is 1. The van der Waals surface area contributed by atoms with Gasteiger partial charge in [-0.05, 0) is 0 Å². The summed E-state index contributed by atoms with van der Waals surface area (Å²) >= 11 is 0. The van der Waals surface area contributed by atoms with E-state index in [0.29, 0.717) is 31.2 Å². The van der Waals surface area contributed by atoms with Gasteiger partial charge < -0.3 is 20.6 Å². The van der Waals surface area contributed by atoms with E-state index in [2.05, 4.69) is 0 Å². The number of ether oxygens (including phenoxy) is 1. The molecule has 0 aromatic carbocycles. The second-order valence-electron chi connectivity index (χ2n) is 2.38. The summed E-state index contributed by atoms with van der Waals surface area (Å²) in [5.74, 6) is 5.56. The molecular formula is C6H13N3O2. The van der Waals surface area contributed by atoms with E-state index in [1.165, 1.54) is 5.01 Å². The number of nitrogens with two attached hydrogens (primary N) is 2. The highest BCUT2D eigenvalue weighted by Crippen LogP contribution is 2.07. The fraction of sp³-hybridized carbons (Fsp3) is 0.667. The van der Waals surface area contributed by atoms with Crippen molar-refractivity contribution in [3.05, 3.63) is 11.4 Å². The van der Waals surface area contributed by atoms with Crippen LogP contribution in [0.5, 0.6) is 0 Å². The molecule has 1 rings (SSSR count). The molecule has 0 bridgehead atoms. The van der Waals surface area contributed by atoms with Gasteiger partial charge in [0.05, 0.1) is 37.8 Å². The Kier molecular flexibility index (Phi) is 2.70. The van der Waals surface area contributed by atoms with Gasteiger partial charge in [-0.15, -0.1) is 0 Å². The van der Waals surface area contributed by atoms with Crippen LogP contribution in [0, 0.1) is 0 Å². The van der Waals surface area contributed by atoms with Gasteiger partial charge in [0.25, 0.3) is 0 Å². The summed E-state index contributed by atoms with van der Waals surface area (Å²) in [5, 5.41) is 10.2. The summed E-state index contributed by atoms with van der Waals surface area (Å²) in [6.07, 6.45) is 0. The minimum absolute atomic E-state index is 0.174. The Morgan fingerprint density at radius 3 is 3.00 bits per heavy atom. The molecule has 5 heteroatoms. The van der Waals surface area contributed by atoms with Crippen LogP contribution in [0.4, 0.5) is 0 Å². The Labute approximate surface area is 65.2 Å². The van der Waals surface area contributed by atoms with E-state index in [0.717, 1.165) is 0 Å². The summed E-state index contributed by atoms with van der Waals surface area (Å²) in [4.78, 5) is 0. The molecule has 1 aliphatic heterocycles. The molecule has 0 aromatic rings. The minimum Gasteiger partial charge on any atom is -0.399 e. The Morgan fingerprint density at radius 1 is 1.73 bits per heavy atom. The van der Waals surface area contributed by atoms with Crippen LogP contribution in [0.3, 0.4) is 0 Å². The second-order valence-corrected chi connectivity index (χ2v) is 2.38. The third kappa shape index (κ3) is 1.83. The van der Waals surface area contributed by atoms with Gasteiger partial charge in [-0.25, -0.2) is 5.84 Å². The summed E-state index contributed by atoms with van der Waals surface area (Å²) in [6.45, 7) is 1.45. The average Bonchev–Trinajstić information content (AvgIpc) is 2.04. The molecule has 0 unspecified atom stereocenters. The van der Waals surface area contributed by atoms with E-state index in [-0.39, 0.29) is 6.61 Å². The molecule has 11 heavy (non-hydrogen) atoms. The molecule has 1 heterocycles. The second kappa shape index (κ2) is 3.56. The van der Waals surface area contributed by atoms with Crippen molar-refractivity contribution in [2.24, 2.45) is 11.6 Å². The molecule has 0 aromatic heterocycles. The van der Waals surface area contributed by atoms with E-state index in [1.54, 1.807) is 0 Å². The average molecular weight is 159 g/mol. The molecule has 1 aliphatic rings. The van der Waals surface area contributed by atoms with Gasteiger partial charge in [0.15, 0.2) is 0 Å². The minimum atomic E-state index is -0.174. The number of aliphatic hydroxyl groups is 1. The molecule has 0 radical (unpaired) electrons. The summed E-state index contributed by atoms with van der Waals surface area (Å²) < 4.78 is 5.10. The van der Waals surface area contributed by atoms with Crippen LogP contribution < -0.4 is 11.6 Å². The van der Waals surface area contributed by atoms with E-state index in [9.17, 15) is 0 Å². The number of morpholine rings is 1. The zero-order valence-corrected chi connectivity index (χ0v) is 6.29. The predicted molar refractivity (Wildman–Crippen MR) is 40.0 cm³/mol. The van der Waals surface area contributed by atoms with Crippen molar-refractivity contribution in [2.45, 2.75) is 0 Å². The van der Waals surface area contributed by atoms with E-state index in [4.69, 9.17) is 21.4 Å². The van der Waals surface area contributed by atoms with Gasteiger partial charge in [0.2, 0.25) is 0 Å².